The van der Waals surface area contributed by atoms with Crippen LogP contribution in [0.5, 0.6) is 0 Å². The Morgan fingerprint density at radius 2 is 1.86 bits per heavy atom. The van der Waals surface area contributed by atoms with Crippen molar-refractivity contribution in [2.45, 2.75) is 18.3 Å². The molecule has 0 bridgehead atoms. The quantitative estimate of drug-likeness (QED) is 0.677. The molecule has 2 nitrogen and oxygen atoms in total. The van der Waals surface area contributed by atoms with Crippen LogP contribution in [-0.4, -0.2) is 5.78 Å². The van der Waals surface area contributed by atoms with Crippen molar-refractivity contribution >= 4 is 5.78 Å². The third-order valence-corrected chi connectivity index (χ3v) is 2.61. The molecular weight excluding hydrogens is 181 g/mol. The SMILES string of the molecule is N#CC1(c2ccc(F)cc2)CC(=O)C1. The molecule has 1 fully saturated rings. The van der Waals surface area contributed by atoms with Crippen LogP contribution in [0.25, 0.3) is 0 Å². The molecule has 14 heavy (non-hydrogen) atoms. The number of nitriles is 1. The first-order chi connectivity index (χ1) is 6.66. The molecule has 1 aliphatic rings. The van der Waals surface area contributed by atoms with Gasteiger partial charge in [0.25, 0.3) is 0 Å². The van der Waals surface area contributed by atoms with Gasteiger partial charge in [-0.05, 0) is 17.7 Å². The number of ketones is 1. The molecule has 0 N–H and O–H groups in total. The summed E-state index contributed by atoms with van der Waals surface area (Å²) < 4.78 is 12.6. The number of hydrogen-bond donors (Lipinski definition) is 0. The fourth-order valence-corrected chi connectivity index (χ4v) is 1.74. The predicted octanol–water partition coefficient (Wildman–Crippen LogP) is 1.95. The molecular formula is C11H8FNO. The van der Waals surface area contributed by atoms with Crippen LogP contribution >= 0.6 is 0 Å². The predicted molar refractivity (Wildman–Crippen MR) is 47.9 cm³/mol. The Morgan fingerprint density at radius 3 is 2.29 bits per heavy atom. The van der Waals surface area contributed by atoms with Crippen LogP contribution in [0.15, 0.2) is 24.3 Å². The molecule has 1 aromatic rings. The zero-order valence-corrected chi connectivity index (χ0v) is 7.46. The maximum atomic E-state index is 12.6. The number of carbonyl (C=O) groups is 1. The van der Waals surface area contributed by atoms with Crippen molar-refractivity contribution in [3.8, 4) is 6.07 Å². The zero-order chi connectivity index (χ0) is 10.2. The number of hydrogen-bond acceptors (Lipinski definition) is 2. The Bertz CT molecular complexity index is 408. The van der Waals surface area contributed by atoms with Crippen molar-refractivity contribution in [1.29, 1.82) is 5.26 Å². The van der Waals surface area contributed by atoms with Crippen LogP contribution in [0.4, 0.5) is 4.39 Å². The van der Waals surface area contributed by atoms with E-state index in [9.17, 15) is 9.18 Å². The molecule has 3 heteroatoms. The van der Waals surface area contributed by atoms with Crippen molar-refractivity contribution in [2.24, 2.45) is 0 Å². The summed E-state index contributed by atoms with van der Waals surface area (Å²) in [5.41, 5.74) is 0.0473. The van der Waals surface area contributed by atoms with Gasteiger partial charge in [0.2, 0.25) is 0 Å². The lowest BCUT2D eigenvalue weighted by Gasteiger charge is -2.33. The van der Waals surface area contributed by atoms with Gasteiger partial charge in [-0.25, -0.2) is 4.39 Å². The monoisotopic (exact) mass is 189 g/mol. The van der Waals surface area contributed by atoms with Crippen LogP contribution < -0.4 is 0 Å². The molecule has 0 atom stereocenters. The number of rotatable bonds is 1. The molecule has 70 valence electrons. The maximum Gasteiger partial charge on any atom is 0.136 e. The van der Waals surface area contributed by atoms with Crippen molar-refractivity contribution in [1.82, 2.24) is 0 Å². The van der Waals surface area contributed by atoms with Crippen molar-refractivity contribution < 1.29 is 9.18 Å². The van der Waals surface area contributed by atoms with E-state index in [1.54, 1.807) is 12.1 Å². The summed E-state index contributed by atoms with van der Waals surface area (Å²) in [6, 6.07) is 7.92. The summed E-state index contributed by atoms with van der Waals surface area (Å²) in [6.45, 7) is 0. The molecule has 0 aliphatic heterocycles. The largest absolute Gasteiger partial charge is 0.300 e. The normalized spacial score (nSPS) is 18.4. The summed E-state index contributed by atoms with van der Waals surface area (Å²) in [6.07, 6.45) is 0.518. The number of Topliss-reactive ketones (excluding diaryl/α,β-unsaturated/α-hetero) is 1. The summed E-state index contributed by atoms with van der Waals surface area (Å²) in [5, 5.41) is 8.98. The number of nitrogens with zero attached hydrogens (tertiary/aromatic N) is 1. The Hall–Kier alpha value is -1.69. The van der Waals surface area contributed by atoms with Crippen molar-refractivity contribution in [3.05, 3.63) is 35.6 Å². The molecule has 0 heterocycles. The van der Waals surface area contributed by atoms with Gasteiger partial charge >= 0.3 is 0 Å². The Labute approximate surface area is 81.0 Å². The van der Waals surface area contributed by atoms with Crippen molar-refractivity contribution in [3.63, 3.8) is 0 Å². The lowest BCUT2D eigenvalue weighted by Crippen LogP contribution is -2.40. The van der Waals surface area contributed by atoms with Gasteiger partial charge in [-0.2, -0.15) is 5.26 Å². The molecule has 0 radical (unpaired) electrons. The average Bonchev–Trinajstić information content (AvgIpc) is 2.14. The van der Waals surface area contributed by atoms with E-state index in [0.717, 1.165) is 5.56 Å². The van der Waals surface area contributed by atoms with Crippen LogP contribution in [0.2, 0.25) is 0 Å². The highest BCUT2D eigenvalue weighted by molar-refractivity contribution is 5.90. The van der Waals surface area contributed by atoms with Gasteiger partial charge in [0, 0.05) is 12.8 Å². The number of benzene rings is 1. The maximum absolute atomic E-state index is 12.6. The smallest absolute Gasteiger partial charge is 0.136 e. The van der Waals surface area contributed by atoms with E-state index in [1.165, 1.54) is 12.1 Å². The van der Waals surface area contributed by atoms with Gasteiger partial charge in [0.05, 0.1) is 11.5 Å². The average molecular weight is 189 g/mol. The first kappa shape index (κ1) is 8.89. The summed E-state index contributed by atoms with van der Waals surface area (Å²) in [7, 11) is 0. The molecule has 0 unspecified atom stereocenters. The van der Waals surface area contributed by atoms with Gasteiger partial charge in [-0.15, -0.1) is 0 Å². The van der Waals surface area contributed by atoms with Crippen LogP contribution in [0, 0.1) is 17.1 Å². The highest BCUT2D eigenvalue weighted by atomic mass is 19.1. The van der Waals surface area contributed by atoms with Crippen molar-refractivity contribution in [2.75, 3.05) is 0 Å². The molecule has 1 saturated carbocycles. The Morgan fingerprint density at radius 1 is 1.29 bits per heavy atom. The summed E-state index contributed by atoms with van der Waals surface area (Å²) >= 11 is 0. The lowest BCUT2D eigenvalue weighted by atomic mass is 9.65. The molecule has 0 spiro atoms. The van der Waals surface area contributed by atoms with Gasteiger partial charge < -0.3 is 0 Å². The first-order valence-corrected chi connectivity index (χ1v) is 4.35. The fraction of sp³-hybridized carbons (Fsp3) is 0.273. The second kappa shape index (κ2) is 2.91. The van der Waals surface area contributed by atoms with E-state index in [0.29, 0.717) is 0 Å². The van der Waals surface area contributed by atoms with Gasteiger partial charge in [-0.3, -0.25) is 4.79 Å². The zero-order valence-electron chi connectivity index (χ0n) is 7.46. The minimum Gasteiger partial charge on any atom is -0.300 e. The molecule has 1 aromatic carbocycles. The first-order valence-electron chi connectivity index (χ1n) is 4.35. The fourth-order valence-electron chi connectivity index (χ4n) is 1.74. The highest BCUT2D eigenvalue weighted by Crippen LogP contribution is 2.40. The van der Waals surface area contributed by atoms with E-state index in [2.05, 4.69) is 6.07 Å². The topological polar surface area (TPSA) is 40.9 Å². The highest BCUT2D eigenvalue weighted by Gasteiger charge is 2.45. The standard InChI is InChI=1S/C11H8FNO/c12-9-3-1-8(2-4-9)11(7-13)5-10(14)6-11/h1-4H,5-6H2. The molecule has 0 aromatic heterocycles. The van der Waals surface area contributed by atoms with E-state index < -0.39 is 5.41 Å². The lowest BCUT2D eigenvalue weighted by molar-refractivity contribution is -0.126. The van der Waals surface area contributed by atoms with Gasteiger partial charge in [0.15, 0.2) is 0 Å². The van der Waals surface area contributed by atoms with E-state index >= 15 is 0 Å². The van der Waals surface area contributed by atoms with E-state index in [1.807, 2.05) is 0 Å². The van der Waals surface area contributed by atoms with Gasteiger partial charge in [0.1, 0.15) is 11.6 Å². The van der Waals surface area contributed by atoms with Crippen LogP contribution in [0.1, 0.15) is 18.4 Å². The molecule has 2 rings (SSSR count). The third-order valence-electron chi connectivity index (χ3n) is 2.61. The number of halogens is 1. The third kappa shape index (κ3) is 1.20. The van der Waals surface area contributed by atoms with E-state index in [-0.39, 0.29) is 24.4 Å². The second-order valence-electron chi connectivity index (χ2n) is 3.59. The second-order valence-corrected chi connectivity index (χ2v) is 3.59. The molecule has 1 aliphatic carbocycles. The Balaban J connectivity index is 2.35. The minimum absolute atomic E-state index is 0.0934. The number of carbonyl (C=O) groups excluding carboxylic acids is 1. The summed E-state index contributed by atoms with van der Waals surface area (Å²) in [5.74, 6) is -0.233. The minimum atomic E-state index is -0.690. The Kier molecular flexibility index (Phi) is 1.85. The molecule has 0 saturated heterocycles. The van der Waals surface area contributed by atoms with Crippen LogP contribution in [0.3, 0.4) is 0 Å². The molecule has 0 amide bonds. The summed E-state index contributed by atoms with van der Waals surface area (Å²) in [4.78, 5) is 10.9. The van der Waals surface area contributed by atoms with Crippen LogP contribution in [-0.2, 0) is 10.2 Å². The van der Waals surface area contributed by atoms with Gasteiger partial charge in [-0.1, -0.05) is 12.1 Å². The van der Waals surface area contributed by atoms with E-state index in [4.69, 9.17) is 5.26 Å².